The number of H-pyrrole nitrogens is 1. The maximum Gasteiger partial charge on any atom is 0.356 e. The Hall–Kier alpha value is -3.54. The summed E-state index contributed by atoms with van der Waals surface area (Å²) in [7, 11) is 3.68. The summed E-state index contributed by atoms with van der Waals surface area (Å²) >= 11 is 0. The number of hydrogen-bond acceptors (Lipinski definition) is 4. The topological polar surface area (TPSA) is 66.9 Å². The van der Waals surface area contributed by atoms with Crippen molar-refractivity contribution in [3.8, 4) is 5.75 Å². The van der Waals surface area contributed by atoms with Crippen LogP contribution in [0.5, 0.6) is 5.75 Å². The van der Waals surface area contributed by atoms with Crippen molar-refractivity contribution in [2.24, 2.45) is 4.99 Å². The van der Waals surface area contributed by atoms with E-state index in [1.165, 1.54) is 0 Å². The first-order chi connectivity index (χ1) is 14.1. The lowest BCUT2D eigenvalue weighted by molar-refractivity contribution is -0.138. The molecule has 0 atom stereocenters. The number of benzene rings is 2. The second kappa shape index (κ2) is 9.59. The molecule has 1 aromatic heterocycles. The van der Waals surface area contributed by atoms with Gasteiger partial charge in [-0.3, -0.25) is 0 Å². The molecule has 1 heterocycles. The van der Waals surface area contributed by atoms with Gasteiger partial charge in [0.1, 0.15) is 12.4 Å². The third-order valence-electron chi connectivity index (χ3n) is 4.14. The Morgan fingerprint density at radius 2 is 1.97 bits per heavy atom. The molecule has 0 aliphatic carbocycles. The van der Waals surface area contributed by atoms with Crippen LogP contribution in [0.25, 0.3) is 17.0 Å². The smallest absolute Gasteiger partial charge is 0.356 e. The molecule has 0 amide bonds. The highest BCUT2D eigenvalue weighted by Crippen LogP contribution is 2.26. The zero-order chi connectivity index (χ0) is 20.6. The highest BCUT2D eigenvalue weighted by Gasteiger charge is 2.12. The molecule has 0 fully saturated rings. The molecule has 0 saturated heterocycles. The first kappa shape index (κ1) is 20.2. The molecule has 1 N–H and O–H groups in total. The average Bonchev–Trinajstić information content (AvgIpc) is 3.12. The van der Waals surface area contributed by atoms with E-state index in [4.69, 9.17) is 9.47 Å². The minimum absolute atomic E-state index is 0.233. The van der Waals surface area contributed by atoms with Crippen molar-refractivity contribution in [2.75, 3.05) is 20.7 Å². The van der Waals surface area contributed by atoms with E-state index < -0.39 is 5.97 Å². The van der Waals surface area contributed by atoms with Gasteiger partial charge in [0.2, 0.25) is 0 Å². The van der Waals surface area contributed by atoms with Crippen molar-refractivity contribution >= 4 is 29.3 Å². The van der Waals surface area contributed by atoms with Crippen molar-refractivity contribution in [3.05, 3.63) is 71.6 Å². The number of aliphatic imine (C=N–C) groups is 1. The Bertz CT molecular complexity index is 1020. The lowest BCUT2D eigenvalue weighted by Gasteiger charge is -2.07. The number of carbonyl (C=O) groups is 1. The molecule has 0 saturated carbocycles. The van der Waals surface area contributed by atoms with Crippen molar-refractivity contribution in [2.45, 2.75) is 13.5 Å². The standard InChI is InChI=1S/C23H25N3O3/c1-4-28-23(27)22(25-16-26(2)3)12-18-14-24-21-11-10-19(13-20(18)21)29-15-17-8-6-5-7-9-17/h5-14,16,24H,4,15H2,1-3H3/b22-12+,25-16?. The summed E-state index contributed by atoms with van der Waals surface area (Å²) in [4.78, 5) is 21.5. The van der Waals surface area contributed by atoms with E-state index in [1.807, 2.05) is 68.8 Å². The molecular formula is C23H25N3O3. The summed E-state index contributed by atoms with van der Waals surface area (Å²) in [6.07, 6.45) is 5.14. The van der Waals surface area contributed by atoms with E-state index >= 15 is 0 Å². The molecule has 0 unspecified atom stereocenters. The SMILES string of the molecule is CCOC(=O)/C(=C\c1c[nH]c2ccc(OCc3ccccc3)cc12)N=CN(C)C. The average molecular weight is 391 g/mol. The Kier molecular flexibility index (Phi) is 6.68. The number of nitrogens with zero attached hydrogens (tertiary/aromatic N) is 2. The molecule has 2 aromatic carbocycles. The fourth-order valence-electron chi connectivity index (χ4n) is 2.75. The number of hydrogen-bond donors (Lipinski definition) is 1. The lowest BCUT2D eigenvalue weighted by Crippen LogP contribution is -2.11. The second-order valence-electron chi connectivity index (χ2n) is 6.68. The number of fused-ring (bicyclic) bond motifs is 1. The van der Waals surface area contributed by atoms with Gasteiger partial charge in [0.15, 0.2) is 5.70 Å². The summed E-state index contributed by atoms with van der Waals surface area (Å²) in [6.45, 7) is 2.55. The lowest BCUT2D eigenvalue weighted by atomic mass is 10.1. The van der Waals surface area contributed by atoms with Crippen LogP contribution in [-0.2, 0) is 16.1 Å². The predicted molar refractivity (Wildman–Crippen MR) is 116 cm³/mol. The Labute approximate surface area is 170 Å². The highest BCUT2D eigenvalue weighted by atomic mass is 16.5. The quantitative estimate of drug-likeness (QED) is 0.270. The number of nitrogens with one attached hydrogen (secondary N) is 1. The van der Waals surface area contributed by atoms with Gasteiger partial charge in [0.05, 0.1) is 12.9 Å². The summed E-state index contributed by atoms with van der Waals surface area (Å²) < 4.78 is 11.1. The van der Waals surface area contributed by atoms with Gasteiger partial charge in [-0.15, -0.1) is 0 Å². The van der Waals surface area contributed by atoms with Crippen LogP contribution >= 0.6 is 0 Å². The molecule has 0 bridgehead atoms. The summed E-state index contributed by atoms with van der Waals surface area (Å²) in [5.74, 6) is 0.293. The van der Waals surface area contributed by atoms with Gasteiger partial charge in [-0.25, -0.2) is 9.79 Å². The number of rotatable bonds is 8. The van der Waals surface area contributed by atoms with E-state index in [0.717, 1.165) is 27.8 Å². The molecular weight excluding hydrogens is 366 g/mol. The molecule has 0 spiro atoms. The predicted octanol–water partition coefficient (Wildman–Crippen LogP) is 4.24. The molecule has 6 heteroatoms. The van der Waals surface area contributed by atoms with Crippen molar-refractivity contribution in [1.29, 1.82) is 0 Å². The largest absolute Gasteiger partial charge is 0.489 e. The summed E-state index contributed by atoms with van der Waals surface area (Å²) in [5.41, 5.74) is 3.12. The number of aromatic nitrogens is 1. The van der Waals surface area contributed by atoms with Crippen LogP contribution in [-0.4, -0.2) is 42.9 Å². The Morgan fingerprint density at radius 3 is 2.69 bits per heavy atom. The fraction of sp³-hybridized carbons (Fsp3) is 0.217. The third kappa shape index (κ3) is 5.48. The maximum absolute atomic E-state index is 12.3. The van der Waals surface area contributed by atoms with Crippen molar-refractivity contribution in [3.63, 3.8) is 0 Å². The molecule has 3 aromatic rings. The van der Waals surface area contributed by atoms with Gasteiger partial charge in [0, 0.05) is 36.8 Å². The number of aromatic amines is 1. The van der Waals surface area contributed by atoms with Crippen LogP contribution in [0.3, 0.4) is 0 Å². The minimum atomic E-state index is -0.462. The van der Waals surface area contributed by atoms with E-state index in [-0.39, 0.29) is 5.70 Å². The molecule has 29 heavy (non-hydrogen) atoms. The van der Waals surface area contributed by atoms with Crippen LogP contribution < -0.4 is 4.74 Å². The molecule has 0 radical (unpaired) electrons. The zero-order valence-corrected chi connectivity index (χ0v) is 16.9. The van der Waals surface area contributed by atoms with Gasteiger partial charge in [-0.05, 0) is 36.8 Å². The van der Waals surface area contributed by atoms with Crippen molar-refractivity contribution < 1.29 is 14.3 Å². The van der Waals surface area contributed by atoms with Gasteiger partial charge >= 0.3 is 5.97 Å². The molecule has 0 aliphatic rings. The first-order valence-electron chi connectivity index (χ1n) is 9.44. The maximum atomic E-state index is 12.3. The van der Waals surface area contributed by atoms with Crippen molar-refractivity contribution in [1.82, 2.24) is 9.88 Å². The Morgan fingerprint density at radius 1 is 1.17 bits per heavy atom. The van der Waals surface area contributed by atoms with E-state index in [2.05, 4.69) is 9.98 Å². The molecule has 3 rings (SSSR count). The summed E-state index contributed by atoms with van der Waals surface area (Å²) in [5, 5.41) is 0.942. The summed E-state index contributed by atoms with van der Waals surface area (Å²) in [6, 6.07) is 15.8. The number of carbonyl (C=O) groups excluding carboxylic acids is 1. The second-order valence-corrected chi connectivity index (χ2v) is 6.68. The van der Waals surface area contributed by atoms with E-state index in [9.17, 15) is 4.79 Å². The van der Waals surface area contributed by atoms with Gasteiger partial charge in [-0.2, -0.15) is 0 Å². The van der Waals surface area contributed by atoms with E-state index in [1.54, 1.807) is 24.2 Å². The zero-order valence-electron chi connectivity index (χ0n) is 16.9. The van der Waals surface area contributed by atoms with Crippen LogP contribution in [0.2, 0.25) is 0 Å². The van der Waals surface area contributed by atoms with Crippen LogP contribution in [0.1, 0.15) is 18.1 Å². The fourth-order valence-corrected chi connectivity index (χ4v) is 2.75. The molecule has 6 nitrogen and oxygen atoms in total. The van der Waals surface area contributed by atoms with Crippen LogP contribution in [0.4, 0.5) is 0 Å². The van der Waals surface area contributed by atoms with Crippen LogP contribution in [0.15, 0.2) is 65.4 Å². The van der Waals surface area contributed by atoms with Gasteiger partial charge in [0.25, 0.3) is 0 Å². The minimum Gasteiger partial charge on any atom is -0.489 e. The molecule has 0 aliphatic heterocycles. The highest BCUT2D eigenvalue weighted by molar-refractivity contribution is 5.99. The first-order valence-corrected chi connectivity index (χ1v) is 9.44. The van der Waals surface area contributed by atoms with Crippen LogP contribution in [0, 0.1) is 0 Å². The number of ether oxygens (including phenoxy) is 2. The molecule has 150 valence electrons. The Balaban J connectivity index is 1.89. The monoisotopic (exact) mass is 391 g/mol. The van der Waals surface area contributed by atoms with E-state index in [0.29, 0.717) is 13.2 Å². The normalized spacial score (nSPS) is 11.8. The third-order valence-corrected chi connectivity index (χ3v) is 4.14. The van der Waals surface area contributed by atoms with Gasteiger partial charge in [-0.1, -0.05) is 30.3 Å². The number of esters is 1. The van der Waals surface area contributed by atoms with Gasteiger partial charge < -0.3 is 19.4 Å².